The lowest BCUT2D eigenvalue weighted by molar-refractivity contribution is -0.121. The van der Waals surface area contributed by atoms with Crippen molar-refractivity contribution in [3.05, 3.63) is 23.5 Å². The highest BCUT2D eigenvalue weighted by Crippen LogP contribution is 2.40. The van der Waals surface area contributed by atoms with E-state index in [0.29, 0.717) is 32.2 Å². The Morgan fingerprint density at radius 1 is 1.23 bits per heavy atom. The molecule has 3 rings (SSSR count). The maximum absolute atomic E-state index is 13.7. The van der Waals surface area contributed by atoms with Crippen LogP contribution in [-0.2, 0) is 26.1 Å². The van der Waals surface area contributed by atoms with Crippen LogP contribution in [0, 0.1) is 5.92 Å². The molecule has 2 amide bonds. The number of methoxy groups -OCH3 is 1. The summed E-state index contributed by atoms with van der Waals surface area (Å²) in [5.74, 6) is 0.564. The van der Waals surface area contributed by atoms with Crippen molar-refractivity contribution in [3.63, 3.8) is 0 Å². The van der Waals surface area contributed by atoms with Crippen LogP contribution >= 0.6 is 0 Å². The lowest BCUT2D eigenvalue weighted by Gasteiger charge is -2.45. The number of pyridine rings is 1. The van der Waals surface area contributed by atoms with Crippen molar-refractivity contribution in [1.29, 1.82) is 0 Å². The van der Waals surface area contributed by atoms with E-state index in [-0.39, 0.29) is 36.0 Å². The average Bonchev–Trinajstić information content (AvgIpc) is 2.98. The van der Waals surface area contributed by atoms with Gasteiger partial charge in [0, 0.05) is 55.7 Å². The summed E-state index contributed by atoms with van der Waals surface area (Å²) in [6, 6.07) is 1.93. The van der Waals surface area contributed by atoms with Gasteiger partial charge >= 0.3 is 6.09 Å². The summed E-state index contributed by atoms with van der Waals surface area (Å²) in [5, 5.41) is 0. The Morgan fingerprint density at radius 3 is 2.51 bits per heavy atom. The van der Waals surface area contributed by atoms with Gasteiger partial charge in [-0.1, -0.05) is 27.7 Å². The predicted molar refractivity (Wildman–Crippen MR) is 138 cm³/mol. The van der Waals surface area contributed by atoms with Crippen molar-refractivity contribution in [2.45, 2.75) is 84.9 Å². The fraction of sp³-hybridized carbons (Fsp3) is 0.741. The van der Waals surface area contributed by atoms with E-state index in [9.17, 15) is 9.59 Å². The second-order valence-electron chi connectivity index (χ2n) is 12.2. The van der Waals surface area contributed by atoms with E-state index in [2.05, 4.69) is 43.6 Å². The lowest BCUT2D eigenvalue weighted by Crippen LogP contribution is -2.62. The molecule has 2 aliphatic rings. The van der Waals surface area contributed by atoms with Gasteiger partial charge in [0.2, 0.25) is 5.91 Å². The van der Waals surface area contributed by atoms with Gasteiger partial charge < -0.3 is 19.3 Å². The van der Waals surface area contributed by atoms with Crippen molar-refractivity contribution in [3.8, 4) is 0 Å². The van der Waals surface area contributed by atoms with Crippen molar-refractivity contribution >= 4 is 17.7 Å². The highest BCUT2D eigenvalue weighted by Gasteiger charge is 2.41. The van der Waals surface area contributed by atoms with Crippen LogP contribution in [0.15, 0.2) is 12.3 Å². The molecule has 0 N–H and O–H groups in total. The zero-order valence-electron chi connectivity index (χ0n) is 23.1. The van der Waals surface area contributed by atoms with E-state index in [1.165, 1.54) is 0 Å². The van der Waals surface area contributed by atoms with Gasteiger partial charge in [0.15, 0.2) is 0 Å². The minimum atomic E-state index is -0.556. The van der Waals surface area contributed by atoms with E-state index >= 15 is 0 Å². The summed E-state index contributed by atoms with van der Waals surface area (Å²) in [6.45, 7) is 18.7. The van der Waals surface area contributed by atoms with Crippen molar-refractivity contribution < 1.29 is 19.1 Å². The fourth-order valence-electron chi connectivity index (χ4n) is 5.04. The molecule has 35 heavy (non-hydrogen) atoms. The van der Waals surface area contributed by atoms with Crippen LogP contribution < -0.4 is 4.90 Å². The zero-order chi connectivity index (χ0) is 26.1. The third-order valence-electron chi connectivity index (χ3n) is 6.71. The Morgan fingerprint density at radius 2 is 1.91 bits per heavy atom. The maximum atomic E-state index is 13.7. The highest BCUT2D eigenvalue weighted by molar-refractivity contribution is 5.97. The second kappa shape index (κ2) is 10.4. The van der Waals surface area contributed by atoms with Gasteiger partial charge in [-0.2, -0.15) is 0 Å². The minimum Gasteiger partial charge on any atom is -0.444 e. The van der Waals surface area contributed by atoms with Gasteiger partial charge in [0.25, 0.3) is 0 Å². The molecule has 1 saturated heterocycles. The summed E-state index contributed by atoms with van der Waals surface area (Å²) in [5.41, 5.74) is 2.42. The van der Waals surface area contributed by atoms with Gasteiger partial charge in [-0.25, -0.2) is 4.79 Å². The standard InChI is InChI=1S/C27H44N4O4/c1-18(2)10-20-11-23-22(12-28-20)27(7,8)17-31(23)24(32)15-29-13-19(3)30(14-21(29)16-34-9)25(33)35-26(4,5)6/h11-12,18-19,21H,10,13-17H2,1-9H3/t19-,21-/m1/s1. The topological polar surface area (TPSA) is 75.2 Å². The molecule has 2 aliphatic heterocycles. The molecule has 0 aliphatic carbocycles. The van der Waals surface area contributed by atoms with Crippen molar-refractivity contribution in [2.75, 3.05) is 44.8 Å². The summed E-state index contributed by atoms with van der Waals surface area (Å²) >= 11 is 0. The van der Waals surface area contributed by atoms with Crippen molar-refractivity contribution in [1.82, 2.24) is 14.8 Å². The first-order valence-corrected chi connectivity index (χ1v) is 12.7. The van der Waals surface area contributed by atoms with Crippen LogP contribution in [0.25, 0.3) is 0 Å². The number of fused-ring (bicyclic) bond motifs is 1. The summed E-state index contributed by atoms with van der Waals surface area (Å²) in [4.78, 5) is 37.0. The normalized spacial score (nSPS) is 22.5. The quantitative estimate of drug-likeness (QED) is 0.605. The largest absolute Gasteiger partial charge is 0.444 e. The summed E-state index contributed by atoms with van der Waals surface area (Å²) < 4.78 is 11.1. The first-order valence-electron chi connectivity index (χ1n) is 12.7. The van der Waals surface area contributed by atoms with Crippen molar-refractivity contribution in [2.24, 2.45) is 5.92 Å². The Hall–Kier alpha value is -2.19. The molecule has 1 aromatic rings. The van der Waals surface area contributed by atoms with Gasteiger partial charge in [-0.3, -0.25) is 14.7 Å². The van der Waals surface area contributed by atoms with Gasteiger partial charge in [0.1, 0.15) is 5.60 Å². The molecular weight excluding hydrogens is 444 g/mol. The second-order valence-corrected chi connectivity index (χ2v) is 12.2. The number of aromatic nitrogens is 1. The molecule has 1 aromatic heterocycles. The Bertz CT molecular complexity index is 924. The highest BCUT2D eigenvalue weighted by atomic mass is 16.6. The van der Waals surface area contributed by atoms with E-state index in [1.54, 1.807) is 12.0 Å². The van der Waals surface area contributed by atoms with Crippen LogP contribution in [0.2, 0.25) is 0 Å². The molecule has 0 radical (unpaired) electrons. The Balaban J connectivity index is 1.77. The van der Waals surface area contributed by atoms with Crippen LogP contribution in [-0.4, -0.2) is 84.4 Å². The molecule has 8 heteroatoms. The third kappa shape index (κ3) is 6.53. The molecule has 0 spiro atoms. The molecule has 3 heterocycles. The van der Waals surface area contributed by atoms with Gasteiger partial charge in [-0.15, -0.1) is 0 Å². The fourth-order valence-corrected chi connectivity index (χ4v) is 5.04. The number of piperazine rings is 1. The number of ether oxygens (including phenoxy) is 2. The third-order valence-corrected chi connectivity index (χ3v) is 6.71. The average molecular weight is 489 g/mol. The van der Waals surface area contributed by atoms with E-state index in [1.807, 2.05) is 38.8 Å². The Kier molecular flexibility index (Phi) is 8.16. The molecule has 1 fully saturated rings. The number of hydrogen-bond acceptors (Lipinski definition) is 6. The van der Waals surface area contributed by atoms with Gasteiger partial charge in [-0.05, 0) is 46.1 Å². The van der Waals surface area contributed by atoms with Crippen LogP contribution in [0.4, 0.5) is 10.5 Å². The lowest BCUT2D eigenvalue weighted by atomic mass is 9.88. The smallest absolute Gasteiger partial charge is 0.410 e. The molecule has 2 atom stereocenters. The van der Waals surface area contributed by atoms with Crippen LogP contribution in [0.1, 0.15) is 66.6 Å². The Labute approximate surface area is 210 Å². The minimum absolute atomic E-state index is 0.0672. The molecule has 0 aromatic carbocycles. The van der Waals surface area contributed by atoms with E-state index in [0.717, 1.165) is 23.4 Å². The van der Waals surface area contributed by atoms with Crippen LogP contribution in [0.5, 0.6) is 0 Å². The molecule has 0 bridgehead atoms. The number of carbonyl (C=O) groups excluding carboxylic acids is 2. The van der Waals surface area contributed by atoms with Gasteiger partial charge in [0.05, 0.1) is 24.9 Å². The molecule has 0 saturated carbocycles. The first-order chi connectivity index (χ1) is 16.2. The number of rotatable bonds is 6. The monoisotopic (exact) mass is 488 g/mol. The number of carbonyl (C=O) groups is 2. The summed E-state index contributed by atoms with van der Waals surface area (Å²) in [6.07, 6.45) is 2.52. The SMILES string of the molecule is COC[C@H]1CN(C(=O)OC(C)(C)C)[C@H](C)CN1CC(=O)N1CC(C)(C)c2cnc(CC(C)C)cc21. The first kappa shape index (κ1) is 27.4. The number of anilines is 1. The van der Waals surface area contributed by atoms with Crippen LogP contribution in [0.3, 0.4) is 0 Å². The predicted octanol–water partition coefficient (Wildman–Crippen LogP) is 3.86. The van der Waals surface area contributed by atoms with E-state index < -0.39 is 5.60 Å². The molecule has 8 nitrogen and oxygen atoms in total. The molecule has 196 valence electrons. The molecular formula is C27H44N4O4. The molecule has 0 unspecified atom stereocenters. The number of nitrogens with zero attached hydrogens (tertiary/aromatic N) is 4. The summed E-state index contributed by atoms with van der Waals surface area (Å²) in [7, 11) is 1.65. The number of hydrogen-bond donors (Lipinski definition) is 0. The zero-order valence-corrected chi connectivity index (χ0v) is 23.1. The number of amides is 2. The maximum Gasteiger partial charge on any atom is 0.410 e. The van der Waals surface area contributed by atoms with E-state index in [4.69, 9.17) is 9.47 Å².